The highest BCUT2D eigenvalue weighted by molar-refractivity contribution is 7.90. The van der Waals surface area contributed by atoms with E-state index in [-0.39, 0.29) is 22.8 Å². The largest absolute Gasteiger partial charge is 0.350 e. The Kier molecular flexibility index (Phi) is 5.06. The van der Waals surface area contributed by atoms with E-state index >= 15 is 0 Å². The molecule has 0 aromatic heterocycles. The lowest BCUT2D eigenvalue weighted by Gasteiger charge is -2.19. The van der Waals surface area contributed by atoms with Gasteiger partial charge < -0.3 is 5.32 Å². The molecule has 2 aromatic rings. The summed E-state index contributed by atoms with van der Waals surface area (Å²) < 4.78 is 26.5. The molecule has 142 valence electrons. The lowest BCUT2D eigenvalue weighted by Crippen LogP contribution is -2.28. The zero-order valence-electron chi connectivity index (χ0n) is 15.6. The van der Waals surface area contributed by atoms with Crippen molar-refractivity contribution in [3.8, 4) is 0 Å². The van der Waals surface area contributed by atoms with Gasteiger partial charge in [0.2, 0.25) is 0 Å². The van der Waals surface area contributed by atoms with Gasteiger partial charge in [-0.05, 0) is 35.2 Å². The number of nitrogens with zero attached hydrogens (tertiary/aromatic N) is 1. The van der Waals surface area contributed by atoms with E-state index < -0.39 is 10.0 Å². The van der Waals surface area contributed by atoms with E-state index in [2.05, 4.69) is 35.8 Å². The number of hydrogen-bond donors (Lipinski definition) is 2. The van der Waals surface area contributed by atoms with Gasteiger partial charge in [-0.3, -0.25) is 14.5 Å². The molecule has 1 aliphatic heterocycles. The van der Waals surface area contributed by atoms with Crippen LogP contribution < -0.4 is 10.0 Å². The molecule has 6 nitrogen and oxygen atoms in total. The molecule has 1 heterocycles. The van der Waals surface area contributed by atoms with E-state index in [1.807, 2.05) is 24.3 Å². The van der Waals surface area contributed by atoms with Crippen LogP contribution in [0.15, 0.2) is 58.4 Å². The number of sulfonamides is 1. The minimum absolute atomic E-state index is 0.0377. The summed E-state index contributed by atoms with van der Waals surface area (Å²) in [5, 5.41) is 2.80. The van der Waals surface area contributed by atoms with Crippen molar-refractivity contribution in [2.45, 2.75) is 31.1 Å². The van der Waals surface area contributed by atoms with Crippen molar-refractivity contribution in [2.75, 3.05) is 13.1 Å². The number of hydrogen-bond acceptors (Lipinski definition) is 4. The first kappa shape index (κ1) is 19.1. The van der Waals surface area contributed by atoms with Crippen LogP contribution >= 0.6 is 0 Å². The number of nitrogens with one attached hydrogen (secondary N) is 2. The molecule has 1 amide bonds. The van der Waals surface area contributed by atoms with Gasteiger partial charge in [-0.2, -0.15) is 0 Å². The molecular formula is C20H23N3O3S. The molecule has 2 N–H and O–H groups in total. The fourth-order valence-corrected chi connectivity index (χ4v) is 4.06. The van der Waals surface area contributed by atoms with Gasteiger partial charge in [-0.25, -0.2) is 8.42 Å². The van der Waals surface area contributed by atoms with Gasteiger partial charge in [0, 0.05) is 17.7 Å². The molecule has 1 aliphatic rings. The lowest BCUT2D eigenvalue weighted by atomic mass is 9.87. The average Bonchev–Trinajstić information content (AvgIpc) is 2.89. The molecule has 0 bridgehead atoms. The number of benzene rings is 2. The Labute approximate surface area is 159 Å². The van der Waals surface area contributed by atoms with E-state index in [1.165, 1.54) is 0 Å². The minimum atomic E-state index is -3.54. The second-order valence-corrected chi connectivity index (χ2v) is 9.07. The van der Waals surface area contributed by atoms with Crippen molar-refractivity contribution in [1.29, 1.82) is 0 Å². The number of aliphatic imine (C=N–C) groups is 1. The zero-order valence-corrected chi connectivity index (χ0v) is 16.4. The number of carbonyl (C=O) groups is 1. The maximum Gasteiger partial charge on any atom is 0.263 e. The Balaban J connectivity index is 1.59. The first-order valence-corrected chi connectivity index (χ1v) is 10.2. The Hall–Kier alpha value is -2.67. The van der Waals surface area contributed by atoms with Crippen LogP contribution in [0, 0.1) is 0 Å². The molecule has 27 heavy (non-hydrogen) atoms. The van der Waals surface area contributed by atoms with Crippen molar-refractivity contribution in [2.24, 2.45) is 4.99 Å². The molecule has 0 saturated heterocycles. The Morgan fingerprint density at radius 1 is 1.07 bits per heavy atom. The van der Waals surface area contributed by atoms with Crippen LogP contribution in [-0.2, 0) is 15.4 Å². The summed E-state index contributed by atoms with van der Waals surface area (Å²) in [6, 6.07) is 14.2. The molecule has 0 unspecified atom stereocenters. The number of rotatable bonds is 4. The highest BCUT2D eigenvalue weighted by Crippen LogP contribution is 2.23. The Bertz CT molecular complexity index is 988. The molecule has 0 radical (unpaired) electrons. The predicted molar refractivity (Wildman–Crippen MR) is 106 cm³/mol. The summed E-state index contributed by atoms with van der Waals surface area (Å²) in [5.41, 5.74) is 2.34. The summed E-state index contributed by atoms with van der Waals surface area (Å²) in [5.74, 6) is 0.137. The van der Waals surface area contributed by atoms with E-state index in [0.29, 0.717) is 23.5 Å². The van der Waals surface area contributed by atoms with Crippen molar-refractivity contribution < 1.29 is 13.2 Å². The second-order valence-electron chi connectivity index (χ2n) is 7.42. The minimum Gasteiger partial charge on any atom is -0.350 e. The topological polar surface area (TPSA) is 87.6 Å². The lowest BCUT2D eigenvalue weighted by molar-refractivity contribution is 0.0954. The maximum absolute atomic E-state index is 12.2. The summed E-state index contributed by atoms with van der Waals surface area (Å²) in [7, 11) is -3.54. The van der Waals surface area contributed by atoms with Gasteiger partial charge in [-0.1, -0.05) is 45.0 Å². The third-order valence-corrected chi connectivity index (χ3v) is 5.74. The van der Waals surface area contributed by atoms with Crippen LogP contribution in [0.1, 0.15) is 42.3 Å². The third-order valence-electron chi connectivity index (χ3n) is 4.34. The van der Waals surface area contributed by atoms with Crippen LogP contribution in [-0.4, -0.2) is 33.3 Å². The summed E-state index contributed by atoms with van der Waals surface area (Å²) in [4.78, 5) is 16.7. The van der Waals surface area contributed by atoms with Gasteiger partial charge in [0.05, 0.1) is 11.4 Å². The predicted octanol–water partition coefficient (Wildman–Crippen LogP) is 2.45. The molecule has 0 fully saturated rings. The normalized spacial score (nSPS) is 16.6. The highest BCUT2D eigenvalue weighted by atomic mass is 32.2. The molecule has 0 saturated carbocycles. The van der Waals surface area contributed by atoms with E-state index in [0.717, 1.165) is 5.56 Å². The monoisotopic (exact) mass is 385 g/mol. The van der Waals surface area contributed by atoms with Crippen LogP contribution in [0.4, 0.5) is 0 Å². The maximum atomic E-state index is 12.2. The van der Waals surface area contributed by atoms with E-state index in [1.54, 1.807) is 24.3 Å². The number of amides is 1. The SMILES string of the molecule is CC(C)(C)c1ccc(C(=O)NCCN=C2NS(=O)(=O)c3ccccc32)cc1. The molecule has 0 aliphatic carbocycles. The molecular weight excluding hydrogens is 362 g/mol. The standard InChI is InChI=1S/C20H23N3O3S/c1-20(2,3)15-10-8-14(9-11-15)19(24)22-13-12-21-18-16-6-4-5-7-17(16)27(25,26)23-18/h4-11H,12-13H2,1-3H3,(H,21,23)(H,22,24). The second kappa shape index (κ2) is 7.15. The first-order chi connectivity index (χ1) is 12.7. The zero-order chi connectivity index (χ0) is 19.7. The molecule has 3 rings (SSSR count). The van der Waals surface area contributed by atoms with Gasteiger partial charge in [-0.15, -0.1) is 0 Å². The van der Waals surface area contributed by atoms with Crippen molar-refractivity contribution in [3.63, 3.8) is 0 Å². The highest BCUT2D eigenvalue weighted by Gasteiger charge is 2.29. The molecule has 7 heteroatoms. The van der Waals surface area contributed by atoms with E-state index in [4.69, 9.17) is 0 Å². The Morgan fingerprint density at radius 2 is 1.74 bits per heavy atom. The van der Waals surface area contributed by atoms with Gasteiger partial charge in [0.15, 0.2) is 0 Å². The van der Waals surface area contributed by atoms with Gasteiger partial charge in [0.25, 0.3) is 15.9 Å². The van der Waals surface area contributed by atoms with E-state index in [9.17, 15) is 13.2 Å². The average molecular weight is 385 g/mol. The molecule has 2 aromatic carbocycles. The first-order valence-electron chi connectivity index (χ1n) is 8.74. The van der Waals surface area contributed by atoms with Crippen molar-refractivity contribution in [3.05, 3.63) is 65.2 Å². The Morgan fingerprint density at radius 3 is 2.41 bits per heavy atom. The van der Waals surface area contributed by atoms with Crippen molar-refractivity contribution in [1.82, 2.24) is 10.0 Å². The van der Waals surface area contributed by atoms with Crippen LogP contribution in [0.3, 0.4) is 0 Å². The van der Waals surface area contributed by atoms with Crippen LogP contribution in [0.25, 0.3) is 0 Å². The number of amidine groups is 1. The number of fused-ring (bicyclic) bond motifs is 1. The smallest absolute Gasteiger partial charge is 0.263 e. The third kappa shape index (κ3) is 4.19. The quantitative estimate of drug-likeness (QED) is 0.793. The van der Waals surface area contributed by atoms with Gasteiger partial charge in [0.1, 0.15) is 5.84 Å². The summed E-state index contributed by atoms with van der Waals surface area (Å²) >= 11 is 0. The fraction of sp³-hybridized carbons (Fsp3) is 0.300. The van der Waals surface area contributed by atoms with Crippen LogP contribution in [0.5, 0.6) is 0 Å². The fourth-order valence-electron chi connectivity index (χ4n) is 2.81. The summed E-state index contributed by atoms with van der Waals surface area (Å²) in [6.45, 7) is 6.95. The van der Waals surface area contributed by atoms with Gasteiger partial charge >= 0.3 is 0 Å². The van der Waals surface area contributed by atoms with Crippen LogP contribution in [0.2, 0.25) is 0 Å². The van der Waals surface area contributed by atoms with Crippen molar-refractivity contribution >= 4 is 21.8 Å². The molecule has 0 atom stereocenters. The molecule has 0 spiro atoms. The number of carbonyl (C=O) groups excluding carboxylic acids is 1. The summed E-state index contributed by atoms with van der Waals surface area (Å²) in [6.07, 6.45) is 0.